The second-order valence-corrected chi connectivity index (χ2v) is 5.20. The van der Waals surface area contributed by atoms with E-state index in [0.29, 0.717) is 13.0 Å². The zero-order chi connectivity index (χ0) is 14.9. The Kier molecular flexibility index (Phi) is 6.24. The third-order valence-electron chi connectivity index (χ3n) is 3.50. The minimum absolute atomic E-state index is 0.121. The van der Waals surface area contributed by atoms with E-state index in [9.17, 15) is 4.79 Å². The molecule has 0 aromatic carbocycles. The first-order chi connectivity index (χ1) is 10.3. The van der Waals surface area contributed by atoms with E-state index >= 15 is 0 Å². The van der Waals surface area contributed by atoms with Gasteiger partial charge < -0.3 is 10.1 Å². The average molecular weight is 292 g/mol. The Morgan fingerprint density at radius 1 is 1.48 bits per heavy atom. The van der Waals surface area contributed by atoms with Gasteiger partial charge >= 0.3 is 5.97 Å². The fourth-order valence-electron chi connectivity index (χ4n) is 2.39. The molecule has 0 atom stereocenters. The van der Waals surface area contributed by atoms with Crippen LogP contribution in [0.1, 0.15) is 51.1 Å². The predicted octanol–water partition coefficient (Wildman–Crippen LogP) is 2.13. The molecule has 0 saturated carbocycles. The summed E-state index contributed by atoms with van der Waals surface area (Å²) < 4.78 is 6.81. The number of hydrogen-bond donors (Lipinski definition) is 1. The lowest BCUT2D eigenvalue weighted by Crippen LogP contribution is -2.19. The van der Waals surface area contributed by atoms with Crippen LogP contribution in [0, 0.1) is 0 Å². The number of unbranched alkanes of at least 4 members (excludes halogenated alkanes) is 1. The Bertz CT molecular complexity index is 474. The second-order valence-electron chi connectivity index (χ2n) is 5.20. The highest BCUT2D eigenvalue weighted by Gasteiger charge is 2.07. The van der Waals surface area contributed by atoms with Gasteiger partial charge in [-0.05, 0) is 45.1 Å². The van der Waals surface area contributed by atoms with Gasteiger partial charge in [0.05, 0.1) is 18.5 Å². The van der Waals surface area contributed by atoms with Crippen LogP contribution in [0.15, 0.2) is 11.9 Å². The van der Waals surface area contributed by atoms with Crippen LogP contribution in [-0.2, 0) is 16.1 Å². The summed E-state index contributed by atoms with van der Waals surface area (Å²) in [6, 6.07) is 0. The molecule has 6 nitrogen and oxygen atoms in total. The van der Waals surface area contributed by atoms with E-state index in [2.05, 4.69) is 21.7 Å². The Morgan fingerprint density at radius 2 is 2.38 bits per heavy atom. The smallest absolute Gasteiger partial charge is 0.305 e. The minimum atomic E-state index is -0.121. The van der Waals surface area contributed by atoms with Crippen LogP contribution >= 0.6 is 0 Å². The molecule has 1 aliphatic rings. The van der Waals surface area contributed by atoms with Crippen molar-refractivity contribution < 1.29 is 9.53 Å². The van der Waals surface area contributed by atoms with Crippen LogP contribution in [-0.4, -0.2) is 34.1 Å². The van der Waals surface area contributed by atoms with Crippen LogP contribution < -0.4 is 5.32 Å². The maximum atomic E-state index is 11.3. The van der Waals surface area contributed by atoms with Crippen molar-refractivity contribution in [2.24, 2.45) is 0 Å². The molecule has 0 bridgehead atoms. The molecule has 0 amide bonds. The molecule has 0 radical (unpaired) electrons. The number of ether oxygens (including phenoxy) is 1. The summed E-state index contributed by atoms with van der Waals surface area (Å²) >= 11 is 0. The SMILES string of the molecule is CCOC(=O)CCCCn1nncc1C=C1CCCCN1. The number of hydrogen-bond acceptors (Lipinski definition) is 5. The highest BCUT2D eigenvalue weighted by Crippen LogP contribution is 2.14. The van der Waals surface area contributed by atoms with E-state index in [1.54, 1.807) is 6.20 Å². The topological polar surface area (TPSA) is 69.0 Å². The van der Waals surface area contributed by atoms with Gasteiger partial charge in [-0.3, -0.25) is 4.79 Å². The van der Waals surface area contributed by atoms with Crippen molar-refractivity contribution in [3.63, 3.8) is 0 Å². The van der Waals surface area contributed by atoms with E-state index in [1.807, 2.05) is 11.6 Å². The van der Waals surface area contributed by atoms with Crippen LogP contribution in [0.2, 0.25) is 0 Å². The van der Waals surface area contributed by atoms with Crippen LogP contribution in [0.5, 0.6) is 0 Å². The lowest BCUT2D eigenvalue weighted by atomic mass is 10.1. The number of nitrogens with zero attached hydrogens (tertiary/aromatic N) is 3. The molecule has 0 unspecified atom stereocenters. The number of carbonyl (C=O) groups excluding carboxylic acids is 1. The van der Waals surface area contributed by atoms with Crippen molar-refractivity contribution in [3.8, 4) is 0 Å². The molecule has 2 rings (SSSR count). The van der Waals surface area contributed by atoms with E-state index in [4.69, 9.17) is 4.74 Å². The van der Waals surface area contributed by atoms with Gasteiger partial charge in [-0.2, -0.15) is 0 Å². The van der Waals surface area contributed by atoms with Gasteiger partial charge in [-0.15, -0.1) is 5.10 Å². The van der Waals surface area contributed by atoms with Gasteiger partial charge in [0.2, 0.25) is 0 Å². The van der Waals surface area contributed by atoms with E-state index in [-0.39, 0.29) is 5.97 Å². The number of rotatable bonds is 7. The van der Waals surface area contributed by atoms with Crippen molar-refractivity contribution in [2.45, 2.75) is 52.0 Å². The average Bonchev–Trinajstić information content (AvgIpc) is 2.92. The van der Waals surface area contributed by atoms with Crippen LogP contribution in [0.25, 0.3) is 6.08 Å². The third kappa shape index (κ3) is 5.21. The molecule has 1 N–H and O–H groups in total. The number of allylic oxidation sites excluding steroid dienone is 1. The molecule has 0 aliphatic carbocycles. The van der Waals surface area contributed by atoms with Crippen LogP contribution in [0.4, 0.5) is 0 Å². The molecule has 2 heterocycles. The summed E-state index contributed by atoms with van der Waals surface area (Å²) in [4.78, 5) is 11.3. The normalized spacial score (nSPS) is 16.7. The molecule has 21 heavy (non-hydrogen) atoms. The monoisotopic (exact) mass is 292 g/mol. The third-order valence-corrected chi connectivity index (χ3v) is 3.50. The standard InChI is InChI=1S/C15H24N4O2/c1-2-21-15(20)8-4-6-10-19-14(12-17-18-19)11-13-7-3-5-9-16-13/h11-12,16H,2-10H2,1H3. The highest BCUT2D eigenvalue weighted by molar-refractivity contribution is 5.69. The number of piperidine rings is 1. The van der Waals surface area contributed by atoms with Crippen molar-refractivity contribution in [1.29, 1.82) is 0 Å². The van der Waals surface area contributed by atoms with Gasteiger partial charge in [-0.25, -0.2) is 4.68 Å². The van der Waals surface area contributed by atoms with Gasteiger partial charge in [0, 0.05) is 25.2 Å². The van der Waals surface area contributed by atoms with Gasteiger partial charge in [0.15, 0.2) is 0 Å². The minimum Gasteiger partial charge on any atom is -0.466 e. The van der Waals surface area contributed by atoms with Crippen molar-refractivity contribution in [1.82, 2.24) is 20.3 Å². The summed E-state index contributed by atoms with van der Waals surface area (Å²) in [5, 5.41) is 11.5. The summed E-state index contributed by atoms with van der Waals surface area (Å²) in [6.07, 6.45) is 9.66. The quantitative estimate of drug-likeness (QED) is 0.616. The molecule has 1 fully saturated rings. The largest absolute Gasteiger partial charge is 0.466 e. The molecule has 1 saturated heterocycles. The van der Waals surface area contributed by atoms with E-state index in [1.165, 1.54) is 18.5 Å². The Hall–Kier alpha value is -1.85. The van der Waals surface area contributed by atoms with E-state index < -0.39 is 0 Å². The molecular formula is C15H24N4O2. The number of aromatic nitrogens is 3. The number of esters is 1. The van der Waals surface area contributed by atoms with Crippen molar-refractivity contribution in [3.05, 3.63) is 17.6 Å². The molecule has 6 heteroatoms. The van der Waals surface area contributed by atoms with Gasteiger partial charge in [0.25, 0.3) is 0 Å². The summed E-state index contributed by atoms with van der Waals surface area (Å²) in [5.41, 5.74) is 2.28. The molecule has 1 aromatic heterocycles. The fraction of sp³-hybridized carbons (Fsp3) is 0.667. The summed E-state index contributed by atoms with van der Waals surface area (Å²) in [6.45, 7) is 4.10. The van der Waals surface area contributed by atoms with Crippen molar-refractivity contribution in [2.75, 3.05) is 13.2 Å². The Balaban J connectivity index is 1.79. The van der Waals surface area contributed by atoms with E-state index in [0.717, 1.165) is 38.0 Å². The Labute approximate surface area is 125 Å². The maximum Gasteiger partial charge on any atom is 0.305 e. The molecular weight excluding hydrogens is 268 g/mol. The zero-order valence-corrected chi connectivity index (χ0v) is 12.7. The second kappa shape index (κ2) is 8.44. The highest BCUT2D eigenvalue weighted by atomic mass is 16.5. The number of aryl methyl sites for hydroxylation is 1. The molecule has 116 valence electrons. The lowest BCUT2D eigenvalue weighted by Gasteiger charge is -2.16. The van der Waals surface area contributed by atoms with Crippen molar-refractivity contribution >= 4 is 12.0 Å². The van der Waals surface area contributed by atoms with Gasteiger partial charge in [0.1, 0.15) is 0 Å². The maximum absolute atomic E-state index is 11.3. The molecule has 0 spiro atoms. The molecule has 1 aromatic rings. The first-order valence-corrected chi connectivity index (χ1v) is 7.78. The van der Waals surface area contributed by atoms with Gasteiger partial charge in [-0.1, -0.05) is 5.21 Å². The first kappa shape index (κ1) is 15.5. The predicted molar refractivity (Wildman–Crippen MR) is 80.3 cm³/mol. The number of nitrogens with one attached hydrogen (secondary N) is 1. The number of carbonyl (C=O) groups is 1. The fourth-order valence-corrected chi connectivity index (χ4v) is 2.39. The molecule has 1 aliphatic heterocycles. The Morgan fingerprint density at radius 3 is 3.14 bits per heavy atom. The lowest BCUT2D eigenvalue weighted by molar-refractivity contribution is -0.143. The zero-order valence-electron chi connectivity index (χ0n) is 12.7. The first-order valence-electron chi connectivity index (χ1n) is 7.78. The van der Waals surface area contributed by atoms with Crippen LogP contribution in [0.3, 0.4) is 0 Å². The summed E-state index contributed by atoms with van der Waals surface area (Å²) in [7, 11) is 0. The summed E-state index contributed by atoms with van der Waals surface area (Å²) in [5.74, 6) is -0.121.